The number of aliphatic hydroxyl groups excluding tert-OH is 1. The van der Waals surface area contributed by atoms with Crippen LogP contribution in [0.5, 0.6) is 11.5 Å². The highest BCUT2D eigenvalue weighted by atomic mass is 16.5. The van der Waals surface area contributed by atoms with Gasteiger partial charge in [0.05, 0.1) is 7.11 Å². The molecule has 5 heteroatoms. The predicted molar refractivity (Wildman–Crippen MR) is 113 cm³/mol. The number of methoxy groups -OCH3 is 1. The van der Waals surface area contributed by atoms with E-state index in [1.165, 1.54) is 57.8 Å². The van der Waals surface area contributed by atoms with Crippen LogP contribution >= 0.6 is 0 Å². The van der Waals surface area contributed by atoms with E-state index in [2.05, 4.69) is 16.3 Å². The van der Waals surface area contributed by atoms with E-state index in [4.69, 9.17) is 9.47 Å². The van der Waals surface area contributed by atoms with Crippen molar-refractivity contribution in [1.29, 1.82) is 0 Å². The lowest BCUT2D eigenvalue weighted by Gasteiger charge is -2.27. The quantitative estimate of drug-likeness (QED) is 0.673. The molecule has 5 nitrogen and oxygen atoms in total. The summed E-state index contributed by atoms with van der Waals surface area (Å²) in [5, 5.41) is 14.2. The van der Waals surface area contributed by atoms with Crippen LogP contribution in [0.3, 0.4) is 0 Å². The summed E-state index contributed by atoms with van der Waals surface area (Å²) in [6.45, 7) is 3.99. The molecule has 3 rings (SSSR count). The van der Waals surface area contributed by atoms with Gasteiger partial charge in [-0.3, -0.25) is 0 Å². The van der Waals surface area contributed by atoms with Crippen molar-refractivity contribution in [3.05, 3.63) is 23.8 Å². The second kappa shape index (κ2) is 11.6. The van der Waals surface area contributed by atoms with E-state index in [0.717, 1.165) is 36.7 Å². The van der Waals surface area contributed by atoms with Crippen molar-refractivity contribution >= 4 is 0 Å². The molecule has 0 bridgehead atoms. The van der Waals surface area contributed by atoms with Gasteiger partial charge in [-0.25, -0.2) is 0 Å². The molecule has 1 aromatic rings. The summed E-state index contributed by atoms with van der Waals surface area (Å²) in [6, 6.07) is 6.61. The first-order chi connectivity index (χ1) is 13.7. The molecule has 2 aliphatic rings. The predicted octanol–water partition coefficient (Wildman–Crippen LogP) is 3.73. The van der Waals surface area contributed by atoms with Crippen molar-refractivity contribution in [2.45, 2.75) is 76.5 Å². The maximum Gasteiger partial charge on any atom is 0.127 e. The third kappa shape index (κ3) is 6.94. The van der Waals surface area contributed by atoms with Crippen LogP contribution in [0, 0.1) is 0 Å². The Hall–Kier alpha value is -1.30. The van der Waals surface area contributed by atoms with Gasteiger partial charge in [0.15, 0.2) is 0 Å². The van der Waals surface area contributed by atoms with Gasteiger partial charge in [-0.1, -0.05) is 38.2 Å². The fourth-order valence-electron chi connectivity index (χ4n) is 4.36. The highest BCUT2D eigenvalue weighted by Gasteiger charge is 2.17. The normalized spacial score (nSPS) is 20.5. The Morgan fingerprint density at radius 2 is 1.79 bits per heavy atom. The van der Waals surface area contributed by atoms with E-state index < -0.39 is 6.10 Å². The summed E-state index contributed by atoms with van der Waals surface area (Å²) in [7, 11) is 1.67. The summed E-state index contributed by atoms with van der Waals surface area (Å²) in [5.74, 6) is 1.61. The second-order valence-corrected chi connectivity index (χ2v) is 8.37. The first-order valence-electron chi connectivity index (χ1n) is 11.2. The number of aliphatic hydroxyl groups is 1. The van der Waals surface area contributed by atoms with E-state index in [-0.39, 0.29) is 0 Å². The van der Waals surface area contributed by atoms with Crippen LogP contribution in [0.4, 0.5) is 0 Å². The Bertz CT molecular complexity index is 567. The first-order valence-corrected chi connectivity index (χ1v) is 11.2. The highest BCUT2D eigenvalue weighted by Crippen LogP contribution is 2.26. The number of nitrogens with one attached hydrogen (secondary N) is 1. The van der Waals surface area contributed by atoms with Crippen molar-refractivity contribution in [2.75, 3.05) is 33.4 Å². The minimum Gasteiger partial charge on any atom is -0.497 e. The van der Waals surface area contributed by atoms with Crippen LogP contribution in [0.1, 0.15) is 63.4 Å². The number of nitrogens with zero attached hydrogens (tertiary/aromatic N) is 1. The van der Waals surface area contributed by atoms with E-state index >= 15 is 0 Å². The maximum atomic E-state index is 10.5. The minimum absolute atomic E-state index is 0.320. The molecule has 2 N–H and O–H groups in total. The minimum atomic E-state index is -0.471. The Morgan fingerprint density at radius 1 is 1.07 bits per heavy atom. The molecular weight excluding hydrogens is 352 g/mol. The molecule has 1 saturated carbocycles. The topological polar surface area (TPSA) is 54.0 Å². The van der Waals surface area contributed by atoms with Crippen LogP contribution in [0.2, 0.25) is 0 Å². The molecule has 158 valence electrons. The molecular formula is C23H38N2O3. The van der Waals surface area contributed by atoms with Crippen LogP contribution < -0.4 is 14.8 Å². The molecule has 0 radical (unpaired) electrons. The zero-order valence-electron chi connectivity index (χ0n) is 17.5. The number of likely N-dealkylation sites (tertiary alicyclic amines) is 1. The van der Waals surface area contributed by atoms with Gasteiger partial charge in [-0.05, 0) is 44.8 Å². The molecule has 0 aromatic heterocycles. The number of rotatable bonds is 9. The van der Waals surface area contributed by atoms with Crippen molar-refractivity contribution in [3.8, 4) is 11.5 Å². The molecule has 0 spiro atoms. The fraction of sp³-hybridized carbons (Fsp3) is 0.739. The maximum absolute atomic E-state index is 10.5. The van der Waals surface area contributed by atoms with E-state index in [9.17, 15) is 5.11 Å². The highest BCUT2D eigenvalue weighted by molar-refractivity contribution is 5.40. The third-order valence-electron chi connectivity index (χ3n) is 6.06. The van der Waals surface area contributed by atoms with Crippen molar-refractivity contribution in [2.24, 2.45) is 0 Å². The van der Waals surface area contributed by atoms with Crippen LogP contribution in [-0.2, 0) is 6.54 Å². The van der Waals surface area contributed by atoms with Crippen LogP contribution in [0.15, 0.2) is 18.2 Å². The van der Waals surface area contributed by atoms with Gasteiger partial charge in [0, 0.05) is 30.8 Å². The van der Waals surface area contributed by atoms with E-state index in [1.807, 2.05) is 12.1 Å². The number of hydrogen-bond donors (Lipinski definition) is 2. The van der Waals surface area contributed by atoms with Gasteiger partial charge in [-0.15, -0.1) is 0 Å². The van der Waals surface area contributed by atoms with Crippen molar-refractivity contribution in [3.63, 3.8) is 0 Å². The third-order valence-corrected chi connectivity index (χ3v) is 6.06. The molecule has 0 amide bonds. The molecule has 2 fully saturated rings. The Labute approximate surface area is 170 Å². The van der Waals surface area contributed by atoms with Gasteiger partial charge < -0.3 is 24.8 Å². The standard InChI is InChI=1S/C23H38N2O3/c1-27-22-12-11-19(16-24-20-9-5-6-10-20)23(15-22)28-18-21(26)17-25-13-7-3-2-4-8-14-25/h11-12,15,20-21,24,26H,2-10,13-14,16-18H2,1H3. The van der Waals surface area contributed by atoms with Gasteiger partial charge >= 0.3 is 0 Å². The molecule has 1 aromatic carbocycles. The average Bonchev–Trinajstić information content (AvgIpc) is 3.20. The summed E-state index contributed by atoms with van der Waals surface area (Å²) >= 11 is 0. The number of ether oxygens (including phenoxy) is 2. The summed E-state index contributed by atoms with van der Waals surface area (Å²) in [4.78, 5) is 2.39. The van der Waals surface area contributed by atoms with Crippen LogP contribution in [-0.4, -0.2) is 55.5 Å². The lowest BCUT2D eigenvalue weighted by atomic mass is 10.1. The second-order valence-electron chi connectivity index (χ2n) is 8.37. The zero-order valence-corrected chi connectivity index (χ0v) is 17.5. The summed E-state index contributed by atoms with van der Waals surface area (Å²) in [5.41, 5.74) is 1.13. The Kier molecular flexibility index (Phi) is 8.90. The monoisotopic (exact) mass is 390 g/mol. The van der Waals surface area contributed by atoms with E-state index in [0.29, 0.717) is 19.2 Å². The Morgan fingerprint density at radius 3 is 2.50 bits per heavy atom. The lowest BCUT2D eigenvalue weighted by molar-refractivity contribution is 0.0650. The molecule has 28 heavy (non-hydrogen) atoms. The van der Waals surface area contributed by atoms with Crippen LogP contribution in [0.25, 0.3) is 0 Å². The van der Waals surface area contributed by atoms with Gasteiger partial charge in [0.25, 0.3) is 0 Å². The van der Waals surface area contributed by atoms with E-state index in [1.54, 1.807) is 7.11 Å². The van der Waals surface area contributed by atoms with Crippen molar-refractivity contribution < 1.29 is 14.6 Å². The van der Waals surface area contributed by atoms with Crippen molar-refractivity contribution in [1.82, 2.24) is 10.2 Å². The number of benzene rings is 1. The lowest BCUT2D eigenvalue weighted by Crippen LogP contribution is -2.37. The summed E-state index contributed by atoms with van der Waals surface area (Å²) in [6.07, 6.45) is 11.2. The molecule has 1 aliphatic heterocycles. The zero-order chi connectivity index (χ0) is 19.6. The molecule has 1 atom stereocenters. The molecule has 1 aliphatic carbocycles. The number of hydrogen-bond acceptors (Lipinski definition) is 5. The first kappa shape index (κ1) is 21.4. The smallest absolute Gasteiger partial charge is 0.127 e. The molecule has 1 unspecified atom stereocenters. The van der Waals surface area contributed by atoms with Gasteiger partial charge in [0.1, 0.15) is 24.2 Å². The molecule has 1 heterocycles. The Balaban J connectivity index is 1.51. The number of β-amino-alcohol motifs (C(OH)–C–C–N with tert-alkyl or cyclic N) is 1. The summed E-state index contributed by atoms with van der Waals surface area (Å²) < 4.78 is 11.4. The van der Waals surface area contributed by atoms with Gasteiger partial charge in [-0.2, -0.15) is 0 Å². The largest absolute Gasteiger partial charge is 0.497 e. The fourth-order valence-corrected chi connectivity index (χ4v) is 4.36. The average molecular weight is 391 g/mol. The molecule has 1 saturated heterocycles. The van der Waals surface area contributed by atoms with Gasteiger partial charge in [0.2, 0.25) is 0 Å². The SMILES string of the molecule is COc1ccc(CNC2CCCC2)c(OCC(O)CN2CCCCCCC2)c1.